The summed E-state index contributed by atoms with van der Waals surface area (Å²) in [6.45, 7) is 3.96. The molecule has 0 bridgehead atoms. The molecule has 8 heteroatoms. The van der Waals surface area contributed by atoms with Crippen molar-refractivity contribution >= 4 is 33.8 Å². The van der Waals surface area contributed by atoms with Crippen molar-refractivity contribution < 1.29 is 33.3 Å². The zero-order valence-corrected chi connectivity index (χ0v) is 18.2. The smallest absolute Gasteiger partial charge is 0.346 e. The highest BCUT2D eigenvalue weighted by molar-refractivity contribution is 9.10. The van der Waals surface area contributed by atoms with Gasteiger partial charge in [-0.25, -0.2) is 4.79 Å². The van der Waals surface area contributed by atoms with Gasteiger partial charge >= 0.3 is 5.97 Å². The van der Waals surface area contributed by atoms with Crippen LogP contribution in [0.3, 0.4) is 0 Å². The molecule has 0 saturated heterocycles. The van der Waals surface area contributed by atoms with Gasteiger partial charge in [-0.15, -0.1) is 0 Å². The van der Waals surface area contributed by atoms with Crippen molar-refractivity contribution in [1.29, 1.82) is 0 Å². The molecule has 156 valence electrons. The van der Waals surface area contributed by atoms with E-state index in [1.165, 1.54) is 7.11 Å². The summed E-state index contributed by atoms with van der Waals surface area (Å²) in [5.41, 5.74) is 2.75. The van der Waals surface area contributed by atoms with E-state index in [1.807, 2.05) is 12.1 Å². The van der Waals surface area contributed by atoms with E-state index in [-0.39, 0.29) is 18.3 Å². The lowest BCUT2D eigenvalue weighted by atomic mass is 10.0. The Kier molecular flexibility index (Phi) is 5.53. The van der Waals surface area contributed by atoms with Crippen LogP contribution in [0.15, 0.2) is 34.5 Å². The van der Waals surface area contributed by atoms with Crippen LogP contribution in [-0.4, -0.2) is 31.8 Å². The van der Waals surface area contributed by atoms with Gasteiger partial charge in [-0.05, 0) is 43.7 Å². The second-order valence-electron chi connectivity index (χ2n) is 6.93. The molecule has 1 atom stereocenters. The summed E-state index contributed by atoms with van der Waals surface area (Å²) in [5, 5.41) is 0. The zero-order chi connectivity index (χ0) is 21.4. The Morgan fingerprint density at radius 1 is 1.27 bits per heavy atom. The fraction of sp³-hybridized carbons (Fsp3) is 0.273. The molecular weight excluding hydrogens is 456 g/mol. The second kappa shape index (κ2) is 8.12. The molecule has 2 aromatic rings. The maximum absolute atomic E-state index is 13.0. The van der Waals surface area contributed by atoms with Crippen molar-refractivity contribution in [2.45, 2.75) is 26.6 Å². The van der Waals surface area contributed by atoms with Crippen LogP contribution in [0.2, 0.25) is 0 Å². The van der Waals surface area contributed by atoms with Gasteiger partial charge in [0.25, 0.3) is 0 Å². The molecule has 0 aliphatic carbocycles. The van der Waals surface area contributed by atoms with Gasteiger partial charge < -0.3 is 23.7 Å². The van der Waals surface area contributed by atoms with Crippen LogP contribution in [0.4, 0.5) is 0 Å². The molecule has 0 N–H and O–H groups in total. The molecule has 2 aliphatic rings. The Bertz CT molecular complexity index is 1070. The monoisotopic (exact) mass is 474 g/mol. The first-order valence-electron chi connectivity index (χ1n) is 9.23. The molecule has 0 radical (unpaired) electrons. The molecule has 2 aliphatic heterocycles. The molecule has 0 aromatic heterocycles. The summed E-state index contributed by atoms with van der Waals surface area (Å²) in [4.78, 5) is 24.6. The van der Waals surface area contributed by atoms with E-state index >= 15 is 0 Å². The standard InChI is InChI=1S/C22H19BrO7/c1-11-4-16(29-12(2)22(25)26-3)8-17-19(11)20(24)18(30-17)7-13-5-15(23)6-14-9-27-10-28-21(13)14/h4-8,12H,9-10H2,1-3H3/b18-7-. The summed E-state index contributed by atoms with van der Waals surface area (Å²) in [7, 11) is 1.30. The molecule has 1 unspecified atom stereocenters. The van der Waals surface area contributed by atoms with E-state index in [1.54, 1.807) is 32.1 Å². The maximum atomic E-state index is 13.0. The molecule has 4 rings (SSSR count). The van der Waals surface area contributed by atoms with Crippen molar-refractivity contribution in [2.24, 2.45) is 0 Å². The summed E-state index contributed by atoms with van der Waals surface area (Å²) >= 11 is 3.48. The largest absolute Gasteiger partial charge is 0.479 e. The van der Waals surface area contributed by atoms with E-state index in [9.17, 15) is 9.59 Å². The van der Waals surface area contributed by atoms with Crippen LogP contribution >= 0.6 is 15.9 Å². The molecule has 0 fully saturated rings. The quantitative estimate of drug-likeness (QED) is 0.485. The highest BCUT2D eigenvalue weighted by Crippen LogP contribution is 2.39. The summed E-state index contributed by atoms with van der Waals surface area (Å²) < 4.78 is 28.0. The topological polar surface area (TPSA) is 80.3 Å². The van der Waals surface area contributed by atoms with Crippen LogP contribution in [-0.2, 0) is 20.9 Å². The molecule has 7 nitrogen and oxygen atoms in total. The van der Waals surface area contributed by atoms with Crippen LogP contribution in [0.5, 0.6) is 17.2 Å². The summed E-state index contributed by atoms with van der Waals surface area (Å²) in [6, 6.07) is 7.07. The third kappa shape index (κ3) is 3.80. The van der Waals surface area contributed by atoms with Crippen molar-refractivity contribution in [3.63, 3.8) is 0 Å². The Labute approximate surface area is 181 Å². The van der Waals surface area contributed by atoms with Crippen LogP contribution in [0, 0.1) is 6.92 Å². The number of hydrogen-bond donors (Lipinski definition) is 0. The first kappa shape index (κ1) is 20.4. The first-order chi connectivity index (χ1) is 14.4. The number of esters is 1. The molecular formula is C22H19BrO7. The number of ketones is 1. The molecule has 30 heavy (non-hydrogen) atoms. The molecule has 0 amide bonds. The lowest BCUT2D eigenvalue weighted by Gasteiger charge is -2.20. The summed E-state index contributed by atoms with van der Waals surface area (Å²) in [5.74, 6) is 0.925. The third-order valence-corrected chi connectivity index (χ3v) is 5.24. The second-order valence-corrected chi connectivity index (χ2v) is 7.85. The van der Waals surface area contributed by atoms with Crippen molar-refractivity contribution in [2.75, 3.05) is 13.9 Å². The zero-order valence-electron chi connectivity index (χ0n) is 16.6. The van der Waals surface area contributed by atoms with E-state index in [0.717, 1.165) is 10.0 Å². The number of hydrogen-bond acceptors (Lipinski definition) is 7. The third-order valence-electron chi connectivity index (χ3n) is 4.78. The number of aryl methyl sites for hydroxylation is 1. The predicted molar refractivity (Wildman–Crippen MR) is 111 cm³/mol. The number of carbonyl (C=O) groups is 2. The number of rotatable bonds is 4. The normalized spacial score (nSPS) is 16.9. The van der Waals surface area contributed by atoms with Crippen molar-refractivity contribution in [3.8, 4) is 17.2 Å². The minimum atomic E-state index is -0.785. The number of methoxy groups -OCH3 is 1. The summed E-state index contributed by atoms with van der Waals surface area (Å²) in [6.07, 6.45) is 0.876. The Balaban J connectivity index is 1.67. The minimum Gasteiger partial charge on any atom is -0.479 e. The molecule has 2 heterocycles. The number of Topliss-reactive ketones (excluding diaryl/α,β-unsaturated/α-hetero) is 1. The van der Waals surface area contributed by atoms with Crippen LogP contribution < -0.4 is 14.2 Å². The van der Waals surface area contributed by atoms with Gasteiger partial charge in [-0.3, -0.25) is 4.79 Å². The van der Waals surface area contributed by atoms with Crippen molar-refractivity contribution in [3.05, 3.63) is 56.8 Å². The fourth-order valence-corrected chi connectivity index (χ4v) is 3.94. The number of allylic oxidation sites excluding steroid dienone is 1. The number of fused-ring (bicyclic) bond motifs is 2. The van der Waals surface area contributed by atoms with Gasteiger partial charge in [0, 0.05) is 21.7 Å². The van der Waals surface area contributed by atoms with E-state index in [4.69, 9.17) is 18.9 Å². The molecule has 0 saturated carbocycles. The van der Waals surface area contributed by atoms with Gasteiger partial charge in [-0.1, -0.05) is 15.9 Å². The lowest BCUT2D eigenvalue weighted by Crippen LogP contribution is -2.24. The Morgan fingerprint density at radius 3 is 2.83 bits per heavy atom. The average molecular weight is 475 g/mol. The highest BCUT2D eigenvalue weighted by Gasteiger charge is 2.31. The van der Waals surface area contributed by atoms with Crippen molar-refractivity contribution in [1.82, 2.24) is 0 Å². The maximum Gasteiger partial charge on any atom is 0.346 e. The lowest BCUT2D eigenvalue weighted by molar-refractivity contribution is -0.147. The first-order valence-corrected chi connectivity index (χ1v) is 10.0. The van der Waals surface area contributed by atoms with Gasteiger partial charge in [0.15, 0.2) is 18.7 Å². The van der Waals surface area contributed by atoms with E-state index < -0.39 is 12.1 Å². The van der Waals surface area contributed by atoms with Crippen LogP contribution in [0.1, 0.15) is 34.0 Å². The van der Waals surface area contributed by atoms with Gasteiger partial charge in [-0.2, -0.15) is 0 Å². The number of halogens is 1. The molecule has 0 spiro atoms. The average Bonchev–Trinajstić information content (AvgIpc) is 3.02. The fourth-order valence-electron chi connectivity index (χ4n) is 3.42. The molecule has 2 aromatic carbocycles. The minimum absolute atomic E-state index is 0.151. The number of carbonyl (C=O) groups excluding carboxylic acids is 2. The number of ether oxygens (including phenoxy) is 5. The van der Waals surface area contributed by atoms with Gasteiger partial charge in [0.1, 0.15) is 17.2 Å². The van der Waals surface area contributed by atoms with Crippen LogP contribution in [0.25, 0.3) is 6.08 Å². The van der Waals surface area contributed by atoms with Gasteiger partial charge in [0.2, 0.25) is 5.78 Å². The predicted octanol–water partition coefficient (Wildman–Crippen LogP) is 4.18. The van der Waals surface area contributed by atoms with E-state index in [2.05, 4.69) is 20.7 Å². The Hall–Kier alpha value is -2.84. The SMILES string of the molecule is COC(=O)C(C)Oc1cc(C)c2c(c1)O/C(=C\c1cc(Br)cc3c1OCOC3)C2=O. The van der Waals surface area contributed by atoms with E-state index in [0.29, 0.717) is 40.5 Å². The highest BCUT2D eigenvalue weighted by atomic mass is 79.9. The number of benzene rings is 2. The Morgan fingerprint density at radius 2 is 2.07 bits per heavy atom. The van der Waals surface area contributed by atoms with Gasteiger partial charge in [0.05, 0.1) is 19.3 Å².